The summed E-state index contributed by atoms with van der Waals surface area (Å²) in [5.74, 6) is 0. The third kappa shape index (κ3) is 5.39. The van der Waals surface area contributed by atoms with Gasteiger partial charge in [-0.1, -0.05) is 35.5 Å². The van der Waals surface area contributed by atoms with Gasteiger partial charge in [-0.3, -0.25) is 25.7 Å². The van der Waals surface area contributed by atoms with Crippen LogP contribution in [0.25, 0.3) is 0 Å². The number of hydrazone groups is 1. The van der Waals surface area contributed by atoms with Crippen LogP contribution in [0, 0.1) is 27.2 Å². The molecule has 3 aromatic rings. The molecule has 0 aliphatic rings. The average Bonchev–Trinajstić information content (AvgIpc) is 2.71. The molecule has 29 heavy (non-hydrogen) atoms. The van der Waals surface area contributed by atoms with Crippen LogP contribution in [0.1, 0.15) is 11.1 Å². The van der Waals surface area contributed by atoms with Gasteiger partial charge in [-0.15, -0.1) is 0 Å². The number of hydrogen-bond acceptors (Lipinski definition) is 7. The first-order valence-corrected chi connectivity index (χ1v) is 9.30. The lowest BCUT2D eigenvalue weighted by Crippen LogP contribution is -1.95. The minimum absolute atomic E-state index is 0.00476. The lowest BCUT2D eigenvalue weighted by atomic mass is 10.2. The first kappa shape index (κ1) is 20.0. The van der Waals surface area contributed by atoms with E-state index in [0.717, 1.165) is 10.5 Å². The monoisotopic (exact) mass is 408 g/mol. The Morgan fingerprint density at radius 1 is 0.931 bits per heavy atom. The Balaban J connectivity index is 1.73. The van der Waals surface area contributed by atoms with Crippen molar-refractivity contribution in [3.05, 3.63) is 98.1 Å². The number of nitro benzene ring substituents is 2. The van der Waals surface area contributed by atoms with E-state index >= 15 is 0 Å². The fourth-order valence-corrected chi connectivity index (χ4v) is 3.32. The van der Waals surface area contributed by atoms with Crippen LogP contribution in [0.4, 0.5) is 17.1 Å². The number of benzene rings is 3. The third-order valence-corrected chi connectivity index (χ3v) is 4.99. The van der Waals surface area contributed by atoms with Crippen LogP contribution < -0.4 is 5.43 Å². The summed E-state index contributed by atoms with van der Waals surface area (Å²) in [6, 6.07) is 18.4. The quantitative estimate of drug-likeness (QED) is 0.318. The number of aryl methyl sites for hydroxylation is 1. The van der Waals surface area contributed by atoms with E-state index in [1.165, 1.54) is 48.3 Å². The minimum Gasteiger partial charge on any atom is -0.278 e. The summed E-state index contributed by atoms with van der Waals surface area (Å²) < 4.78 is 0. The van der Waals surface area contributed by atoms with Crippen molar-refractivity contribution in [3.63, 3.8) is 0 Å². The molecule has 3 aromatic carbocycles. The molecule has 8 nitrogen and oxygen atoms in total. The molecule has 0 amide bonds. The molecule has 0 radical (unpaired) electrons. The molecule has 0 heterocycles. The zero-order valence-corrected chi connectivity index (χ0v) is 16.1. The first-order chi connectivity index (χ1) is 13.9. The SMILES string of the molecule is Cc1ccc(Sc2ccc(/C=N\Nc3ccc([N+](=O)[O-])cc3)cc2[N+](=O)[O-])cc1. The van der Waals surface area contributed by atoms with Gasteiger partial charge in [-0.05, 0) is 37.3 Å². The molecule has 0 saturated carbocycles. The third-order valence-electron chi connectivity index (χ3n) is 3.91. The summed E-state index contributed by atoms with van der Waals surface area (Å²) in [6.07, 6.45) is 1.45. The highest BCUT2D eigenvalue weighted by molar-refractivity contribution is 7.99. The van der Waals surface area contributed by atoms with Crippen molar-refractivity contribution < 1.29 is 9.85 Å². The van der Waals surface area contributed by atoms with Gasteiger partial charge < -0.3 is 0 Å². The van der Waals surface area contributed by atoms with E-state index in [-0.39, 0.29) is 11.4 Å². The van der Waals surface area contributed by atoms with Crippen LogP contribution in [0.5, 0.6) is 0 Å². The Labute approximate surface area is 170 Å². The number of nitrogens with one attached hydrogen (secondary N) is 1. The molecule has 0 saturated heterocycles. The van der Waals surface area contributed by atoms with Crippen LogP contribution in [0.2, 0.25) is 0 Å². The molecule has 0 bridgehead atoms. The van der Waals surface area contributed by atoms with Crippen molar-refractivity contribution in [2.24, 2.45) is 5.10 Å². The molecule has 1 N–H and O–H groups in total. The maximum atomic E-state index is 11.5. The van der Waals surface area contributed by atoms with Crippen LogP contribution in [0.15, 0.2) is 81.6 Å². The Morgan fingerprint density at radius 3 is 2.24 bits per heavy atom. The maximum absolute atomic E-state index is 11.5. The lowest BCUT2D eigenvalue weighted by molar-refractivity contribution is -0.387. The molecule has 0 fully saturated rings. The highest BCUT2D eigenvalue weighted by Gasteiger charge is 2.15. The summed E-state index contributed by atoms with van der Waals surface area (Å²) in [7, 11) is 0. The molecule has 0 spiro atoms. The molecule has 0 aliphatic carbocycles. The number of nitrogens with zero attached hydrogens (tertiary/aromatic N) is 3. The topological polar surface area (TPSA) is 111 Å². The van der Waals surface area contributed by atoms with E-state index in [1.807, 2.05) is 31.2 Å². The molecule has 146 valence electrons. The smallest absolute Gasteiger partial charge is 0.278 e. The number of hydrogen-bond donors (Lipinski definition) is 1. The zero-order valence-electron chi connectivity index (χ0n) is 15.3. The van der Waals surface area contributed by atoms with E-state index in [4.69, 9.17) is 0 Å². The predicted octanol–water partition coefficient (Wildman–Crippen LogP) is 5.41. The van der Waals surface area contributed by atoms with Crippen molar-refractivity contribution >= 4 is 35.0 Å². The highest BCUT2D eigenvalue weighted by atomic mass is 32.2. The van der Waals surface area contributed by atoms with E-state index in [9.17, 15) is 20.2 Å². The molecule has 0 unspecified atom stereocenters. The molecule has 0 aromatic heterocycles. The van der Waals surface area contributed by atoms with Gasteiger partial charge in [0.2, 0.25) is 0 Å². The molecule has 3 rings (SSSR count). The Morgan fingerprint density at radius 2 is 1.62 bits per heavy atom. The van der Waals surface area contributed by atoms with E-state index < -0.39 is 9.85 Å². The molecule has 9 heteroatoms. The summed E-state index contributed by atoms with van der Waals surface area (Å²) in [5, 5.41) is 26.2. The number of rotatable bonds is 7. The average molecular weight is 408 g/mol. The second-order valence-electron chi connectivity index (χ2n) is 6.07. The highest BCUT2D eigenvalue weighted by Crippen LogP contribution is 2.35. The molecular weight excluding hydrogens is 392 g/mol. The van der Waals surface area contributed by atoms with Crippen LogP contribution in [-0.4, -0.2) is 16.1 Å². The van der Waals surface area contributed by atoms with Gasteiger partial charge in [0.05, 0.1) is 26.6 Å². The Bertz CT molecular complexity index is 1070. The number of nitro groups is 2. The second kappa shape index (κ2) is 8.98. The second-order valence-corrected chi connectivity index (χ2v) is 7.19. The standard InChI is InChI=1S/C20H16N4O4S/c1-14-2-9-18(10-3-14)29-20-11-4-15(12-19(20)24(27)28)13-21-22-16-5-7-17(8-6-16)23(25)26/h2-13,22H,1H3/b21-13-. The van der Waals surface area contributed by atoms with Crippen molar-refractivity contribution in [3.8, 4) is 0 Å². The summed E-state index contributed by atoms with van der Waals surface area (Å²) >= 11 is 1.33. The van der Waals surface area contributed by atoms with Crippen molar-refractivity contribution in [2.75, 3.05) is 5.43 Å². The van der Waals surface area contributed by atoms with Gasteiger partial charge >= 0.3 is 0 Å². The lowest BCUT2D eigenvalue weighted by Gasteiger charge is -2.05. The summed E-state index contributed by atoms with van der Waals surface area (Å²) in [6.45, 7) is 1.98. The van der Waals surface area contributed by atoms with Crippen molar-refractivity contribution in [1.82, 2.24) is 0 Å². The first-order valence-electron chi connectivity index (χ1n) is 8.49. The molecule has 0 aliphatic heterocycles. The van der Waals surface area contributed by atoms with Crippen LogP contribution in [-0.2, 0) is 0 Å². The summed E-state index contributed by atoms with van der Waals surface area (Å²) in [4.78, 5) is 22.7. The molecule has 0 atom stereocenters. The Hall–Kier alpha value is -3.72. The predicted molar refractivity (Wildman–Crippen MR) is 113 cm³/mol. The minimum atomic E-state index is -0.484. The van der Waals surface area contributed by atoms with E-state index in [2.05, 4.69) is 10.5 Å². The number of non-ortho nitro benzene ring substituents is 1. The Kier molecular flexibility index (Phi) is 6.20. The van der Waals surface area contributed by atoms with Gasteiger partial charge in [0.25, 0.3) is 11.4 Å². The largest absolute Gasteiger partial charge is 0.283 e. The fraction of sp³-hybridized carbons (Fsp3) is 0.0500. The van der Waals surface area contributed by atoms with Crippen molar-refractivity contribution in [2.45, 2.75) is 16.7 Å². The van der Waals surface area contributed by atoms with Gasteiger partial charge in [0.1, 0.15) is 0 Å². The van der Waals surface area contributed by atoms with Crippen LogP contribution >= 0.6 is 11.8 Å². The zero-order chi connectivity index (χ0) is 20.8. The van der Waals surface area contributed by atoms with Gasteiger partial charge in [-0.2, -0.15) is 5.10 Å². The van der Waals surface area contributed by atoms with E-state index in [1.54, 1.807) is 12.1 Å². The number of anilines is 1. The van der Waals surface area contributed by atoms with Gasteiger partial charge in [0.15, 0.2) is 0 Å². The maximum Gasteiger partial charge on any atom is 0.283 e. The van der Waals surface area contributed by atoms with E-state index in [0.29, 0.717) is 16.1 Å². The molecular formula is C20H16N4O4S. The normalized spacial score (nSPS) is 10.8. The summed E-state index contributed by atoms with van der Waals surface area (Å²) in [5.41, 5.74) is 4.96. The fourth-order valence-electron chi connectivity index (χ4n) is 2.42. The van der Waals surface area contributed by atoms with Crippen molar-refractivity contribution in [1.29, 1.82) is 0 Å². The van der Waals surface area contributed by atoms with Gasteiger partial charge in [0, 0.05) is 28.7 Å². The van der Waals surface area contributed by atoms with Crippen LogP contribution in [0.3, 0.4) is 0 Å². The van der Waals surface area contributed by atoms with Gasteiger partial charge in [-0.25, -0.2) is 0 Å².